The van der Waals surface area contributed by atoms with Gasteiger partial charge in [-0.15, -0.1) is 0 Å². The van der Waals surface area contributed by atoms with Crippen molar-refractivity contribution in [2.45, 2.75) is 52.4 Å². The van der Waals surface area contributed by atoms with E-state index in [0.717, 1.165) is 0 Å². The first-order chi connectivity index (χ1) is 4.27. The monoisotopic (exact) mass is 160 g/mol. The highest BCUT2D eigenvalue weighted by Crippen LogP contribution is 2.19. The minimum atomic E-state index is -1.31. The molecule has 0 N–H and O–H groups in total. The van der Waals surface area contributed by atoms with Crippen molar-refractivity contribution in [3.8, 4) is 0 Å². The smallest absolute Gasteiger partial charge is 0.187 e. The van der Waals surface area contributed by atoms with Crippen LogP contribution in [0.5, 0.6) is 0 Å². The Labute approximate surface area is 65.9 Å². The summed E-state index contributed by atoms with van der Waals surface area (Å²) in [5, 5.41) is 0. The second-order valence-corrected chi connectivity index (χ2v) is 8.76. The van der Waals surface area contributed by atoms with Crippen LogP contribution in [0.3, 0.4) is 0 Å². The van der Waals surface area contributed by atoms with Crippen LogP contribution < -0.4 is 0 Å². The van der Waals surface area contributed by atoms with Crippen molar-refractivity contribution in [2.75, 3.05) is 0 Å². The molecule has 10 heavy (non-hydrogen) atoms. The summed E-state index contributed by atoms with van der Waals surface area (Å²) in [7, 11) is -1.31. The molecule has 0 radical (unpaired) electrons. The largest absolute Gasteiger partial charge is 0.413 e. The number of hydrogen-bond donors (Lipinski definition) is 0. The maximum atomic E-state index is 5.91. The summed E-state index contributed by atoms with van der Waals surface area (Å²) < 4.78 is 5.91. The molecule has 0 aliphatic carbocycles. The van der Waals surface area contributed by atoms with Gasteiger partial charge >= 0.3 is 0 Å². The van der Waals surface area contributed by atoms with Crippen molar-refractivity contribution in [1.29, 1.82) is 0 Å². The lowest BCUT2D eigenvalue weighted by molar-refractivity contribution is 0.120. The van der Waals surface area contributed by atoms with E-state index in [9.17, 15) is 0 Å². The molecule has 0 saturated heterocycles. The zero-order valence-electron chi connectivity index (χ0n) is 8.12. The Morgan fingerprint density at radius 1 is 1.20 bits per heavy atom. The molecule has 0 aromatic heterocycles. The molecule has 0 aliphatic heterocycles. The van der Waals surface area contributed by atoms with Gasteiger partial charge in [0, 0.05) is 5.60 Å². The van der Waals surface area contributed by atoms with Crippen LogP contribution >= 0.6 is 0 Å². The molecule has 1 nitrogen and oxygen atoms in total. The molecule has 0 aliphatic rings. The molecule has 0 unspecified atom stereocenters. The quantitative estimate of drug-likeness (QED) is 0.564. The van der Waals surface area contributed by atoms with Crippen LogP contribution in [0.25, 0.3) is 0 Å². The van der Waals surface area contributed by atoms with Crippen LogP contribution in [0.1, 0.15) is 27.7 Å². The Balaban J connectivity index is 3.89. The van der Waals surface area contributed by atoms with Gasteiger partial charge in [-0.25, -0.2) is 0 Å². The summed E-state index contributed by atoms with van der Waals surface area (Å²) >= 11 is 0. The maximum absolute atomic E-state index is 5.91. The molecule has 0 bridgehead atoms. The standard InChI is InChI=1S/C8H20OSi/c1-7-10(5,6)9-8(2,3)4/h7H2,1-6H3. The highest BCUT2D eigenvalue weighted by Gasteiger charge is 2.25. The van der Waals surface area contributed by atoms with Gasteiger partial charge in [0.15, 0.2) is 8.32 Å². The topological polar surface area (TPSA) is 9.23 Å². The Bertz CT molecular complexity index is 102. The van der Waals surface area contributed by atoms with Gasteiger partial charge in [-0.2, -0.15) is 0 Å². The Morgan fingerprint density at radius 3 is 1.70 bits per heavy atom. The second kappa shape index (κ2) is 3.05. The van der Waals surface area contributed by atoms with Gasteiger partial charge in [-0.3, -0.25) is 0 Å². The van der Waals surface area contributed by atoms with E-state index in [1.165, 1.54) is 6.04 Å². The fourth-order valence-electron chi connectivity index (χ4n) is 0.901. The lowest BCUT2D eigenvalue weighted by Crippen LogP contribution is -2.38. The molecule has 62 valence electrons. The van der Waals surface area contributed by atoms with E-state index < -0.39 is 8.32 Å². The van der Waals surface area contributed by atoms with Crippen LogP contribution in [0.15, 0.2) is 0 Å². The SMILES string of the molecule is CC[Si](C)(C)OC(C)(C)C. The molecule has 0 aromatic rings. The molecule has 0 aromatic carbocycles. The molecule has 0 atom stereocenters. The van der Waals surface area contributed by atoms with Gasteiger partial charge < -0.3 is 4.43 Å². The molecule has 0 saturated carbocycles. The van der Waals surface area contributed by atoms with Gasteiger partial charge in [0.05, 0.1) is 0 Å². The number of hydrogen-bond acceptors (Lipinski definition) is 1. The zero-order valence-corrected chi connectivity index (χ0v) is 9.12. The van der Waals surface area contributed by atoms with Crippen molar-refractivity contribution < 1.29 is 4.43 Å². The highest BCUT2D eigenvalue weighted by molar-refractivity contribution is 6.71. The summed E-state index contributed by atoms with van der Waals surface area (Å²) in [6, 6.07) is 1.20. The van der Waals surface area contributed by atoms with Crippen LogP contribution in [0.4, 0.5) is 0 Å². The molecule has 0 rings (SSSR count). The van der Waals surface area contributed by atoms with Crippen molar-refractivity contribution in [3.05, 3.63) is 0 Å². The van der Waals surface area contributed by atoms with Crippen molar-refractivity contribution >= 4 is 8.32 Å². The van der Waals surface area contributed by atoms with Gasteiger partial charge in [-0.1, -0.05) is 6.92 Å². The molecule has 0 amide bonds. The third-order valence-corrected chi connectivity index (χ3v) is 4.30. The van der Waals surface area contributed by atoms with Crippen LogP contribution in [-0.2, 0) is 4.43 Å². The molecular formula is C8H20OSi. The molecule has 0 heterocycles. The molecular weight excluding hydrogens is 140 g/mol. The van der Waals surface area contributed by atoms with Gasteiger partial charge in [-0.05, 0) is 39.9 Å². The van der Waals surface area contributed by atoms with Gasteiger partial charge in [0.1, 0.15) is 0 Å². The predicted octanol–water partition coefficient (Wildman–Crippen LogP) is 3.03. The zero-order chi connectivity index (χ0) is 8.41. The maximum Gasteiger partial charge on any atom is 0.187 e. The third-order valence-electron chi connectivity index (χ3n) is 1.43. The fraction of sp³-hybridized carbons (Fsp3) is 1.00. The molecule has 0 spiro atoms. The van der Waals surface area contributed by atoms with Gasteiger partial charge in [0.2, 0.25) is 0 Å². The van der Waals surface area contributed by atoms with E-state index in [-0.39, 0.29) is 5.60 Å². The summed E-state index contributed by atoms with van der Waals surface area (Å²) in [6.45, 7) is 13.1. The lowest BCUT2D eigenvalue weighted by Gasteiger charge is -2.31. The van der Waals surface area contributed by atoms with E-state index in [1.807, 2.05) is 0 Å². The van der Waals surface area contributed by atoms with Crippen molar-refractivity contribution in [2.24, 2.45) is 0 Å². The van der Waals surface area contributed by atoms with E-state index in [0.29, 0.717) is 0 Å². The average molecular weight is 160 g/mol. The summed E-state index contributed by atoms with van der Waals surface area (Å²) in [6.07, 6.45) is 0. The normalized spacial score (nSPS) is 13.8. The van der Waals surface area contributed by atoms with Crippen LogP contribution in [-0.4, -0.2) is 13.9 Å². The summed E-state index contributed by atoms with van der Waals surface area (Å²) in [5.74, 6) is 0. The van der Waals surface area contributed by atoms with Crippen LogP contribution in [0.2, 0.25) is 19.1 Å². The highest BCUT2D eigenvalue weighted by atomic mass is 28.4. The van der Waals surface area contributed by atoms with Gasteiger partial charge in [0.25, 0.3) is 0 Å². The van der Waals surface area contributed by atoms with Crippen molar-refractivity contribution in [3.63, 3.8) is 0 Å². The fourth-order valence-corrected chi connectivity index (χ4v) is 2.70. The van der Waals surface area contributed by atoms with E-state index in [1.54, 1.807) is 0 Å². The Hall–Kier alpha value is 0.177. The minimum absolute atomic E-state index is 0.0474. The summed E-state index contributed by atoms with van der Waals surface area (Å²) in [5.41, 5.74) is 0.0474. The first kappa shape index (κ1) is 10.2. The van der Waals surface area contributed by atoms with E-state index in [2.05, 4.69) is 40.8 Å². The minimum Gasteiger partial charge on any atom is -0.413 e. The van der Waals surface area contributed by atoms with Crippen molar-refractivity contribution in [1.82, 2.24) is 0 Å². The Morgan fingerprint density at radius 2 is 1.60 bits per heavy atom. The molecule has 2 heteroatoms. The first-order valence-electron chi connectivity index (χ1n) is 3.97. The lowest BCUT2D eigenvalue weighted by atomic mass is 10.2. The predicted molar refractivity (Wildman–Crippen MR) is 48.8 cm³/mol. The molecule has 0 fully saturated rings. The summed E-state index contributed by atoms with van der Waals surface area (Å²) in [4.78, 5) is 0. The third kappa shape index (κ3) is 5.00. The first-order valence-corrected chi connectivity index (χ1v) is 7.08. The second-order valence-electron chi connectivity index (χ2n) is 4.33. The van der Waals surface area contributed by atoms with Crippen LogP contribution in [0, 0.1) is 0 Å². The number of rotatable bonds is 2. The Kier molecular flexibility index (Phi) is 3.11. The van der Waals surface area contributed by atoms with E-state index >= 15 is 0 Å². The van der Waals surface area contributed by atoms with E-state index in [4.69, 9.17) is 4.43 Å². The average Bonchev–Trinajstić information content (AvgIpc) is 1.60.